The molecule has 5 heteroatoms. The maximum atomic E-state index is 4.53. The smallest absolute Gasteiger partial charge is 0.113 e. The van der Waals surface area contributed by atoms with E-state index >= 15 is 0 Å². The number of aromatic nitrogens is 3. The highest BCUT2D eigenvalue weighted by atomic mass is 32.1. The summed E-state index contributed by atoms with van der Waals surface area (Å²) in [5.41, 5.74) is 2.63. The molecule has 3 rings (SSSR count). The van der Waals surface area contributed by atoms with Gasteiger partial charge in [-0.1, -0.05) is 6.92 Å². The van der Waals surface area contributed by atoms with Gasteiger partial charge in [0, 0.05) is 34.9 Å². The molecular formula is C13H18N4S. The highest BCUT2D eigenvalue weighted by Crippen LogP contribution is 2.30. The van der Waals surface area contributed by atoms with E-state index in [4.69, 9.17) is 0 Å². The van der Waals surface area contributed by atoms with Crippen LogP contribution in [0.5, 0.6) is 0 Å². The van der Waals surface area contributed by atoms with Crippen molar-refractivity contribution < 1.29 is 0 Å². The molecule has 96 valence electrons. The van der Waals surface area contributed by atoms with E-state index in [9.17, 15) is 0 Å². The summed E-state index contributed by atoms with van der Waals surface area (Å²) in [6, 6.07) is 0. The van der Waals surface area contributed by atoms with E-state index in [2.05, 4.69) is 32.2 Å². The third-order valence-electron chi connectivity index (χ3n) is 3.67. The number of imidazole rings is 1. The van der Waals surface area contributed by atoms with E-state index < -0.39 is 0 Å². The van der Waals surface area contributed by atoms with Crippen LogP contribution in [-0.2, 0) is 12.0 Å². The summed E-state index contributed by atoms with van der Waals surface area (Å²) >= 11 is 1.72. The summed E-state index contributed by atoms with van der Waals surface area (Å²) in [7, 11) is 0. The zero-order valence-corrected chi connectivity index (χ0v) is 11.6. The first-order valence-corrected chi connectivity index (χ1v) is 7.18. The topological polar surface area (TPSA) is 42.7 Å². The Hall–Kier alpha value is -1.20. The minimum absolute atomic E-state index is 0.211. The highest BCUT2D eigenvalue weighted by Gasteiger charge is 2.33. The third-order valence-corrected chi connectivity index (χ3v) is 4.62. The van der Waals surface area contributed by atoms with Crippen LogP contribution in [0.15, 0.2) is 17.9 Å². The number of thiazole rings is 1. The van der Waals surface area contributed by atoms with Crippen molar-refractivity contribution in [3.8, 4) is 0 Å². The van der Waals surface area contributed by atoms with Gasteiger partial charge in [-0.05, 0) is 19.9 Å². The summed E-state index contributed by atoms with van der Waals surface area (Å²) in [5.74, 6) is 0. The summed E-state index contributed by atoms with van der Waals surface area (Å²) in [6.45, 7) is 7.32. The van der Waals surface area contributed by atoms with Crippen LogP contribution in [0.4, 0.5) is 0 Å². The molecule has 1 aliphatic rings. The molecule has 2 aromatic heterocycles. The van der Waals surface area contributed by atoms with Crippen molar-refractivity contribution in [3.63, 3.8) is 0 Å². The Morgan fingerprint density at radius 1 is 1.56 bits per heavy atom. The van der Waals surface area contributed by atoms with E-state index in [0.717, 1.165) is 30.3 Å². The van der Waals surface area contributed by atoms with Crippen LogP contribution in [0.3, 0.4) is 0 Å². The molecule has 1 fully saturated rings. The van der Waals surface area contributed by atoms with Crippen LogP contribution in [0, 0.1) is 6.92 Å². The number of nitrogens with zero attached hydrogens (tertiary/aromatic N) is 3. The summed E-state index contributed by atoms with van der Waals surface area (Å²) in [4.78, 5) is 8.86. The first-order chi connectivity index (χ1) is 8.67. The molecule has 0 saturated carbocycles. The zero-order valence-electron chi connectivity index (χ0n) is 10.8. The molecule has 0 bridgehead atoms. The molecule has 1 saturated heterocycles. The molecule has 0 aromatic carbocycles. The van der Waals surface area contributed by atoms with Crippen molar-refractivity contribution in [2.75, 3.05) is 13.1 Å². The van der Waals surface area contributed by atoms with E-state index in [0.29, 0.717) is 0 Å². The van der Waals surface area contributed by atoms with Gasteiger partial charge in [-0.15, -0.1) is 11.3 Å². The molecule has 1 unspecified atom stereocenters. The molecule has 18 heavy (non-hydrogen) atoms. The largest absolute Gasteiger partial charge is 0.327 e. The fraction of sp³-hybridized carbons (Fsp3) is 0.538. The van der Waals surface area contributed by atoms with Gasteiger partial charge in [-0.2, -0.15) is 0 Å². The van der Waals surface area contributed by atoms with Crippen LogP contribution in [-0.4, -0.2) is 27.6 Å². The predicted octanol–water partition coefficient (Wildman–Crippen LogP) is 1.95. The molecule has 0 radical (unpaired) electrons. The van der Waals surface area contributed by atoms with Crippen LogP contribution in [0.25, 0.3) is 0 Å². The normalized spacial score (nSPS) is 23.7. The Morgan fingerprint density at radius 2 is 2.44 bits per heavy atom. The molecule has 0 spiro atoms. The average Bonchev–Trinajstić information content (AvgIpc) is 3.02. The third kappa shape index (κ3) is 2.08. The second-order valence-corrected chi connectivity index (χ2v) is 6.22. The summed E-state index contributed by atoms with van der Waals surface area (Å²) in [6.07, 6.45) is 5.11. The average molecular weight is 262 g/mol. The van der Waals surface area contributed by atoms with Crippen LogP contribution >= 0.6 is 11.3 Å². The summed E-state index contributed by atoms with van der Waals surface area (Å²) in [5, 5.41) is 6.70. The summed E-state index contributed by atoms with van der Waals surface area (Å²) < 4.78 is 2.24. The van der Waals surface area contributed by atoms with Crippen LogP contribution in [0.2, 0.25) is 0 Å². The maximum absolute atomic E-state index is 4.53. The monoisotopic (exact) mass is 262 g/mol. The van der Waals surface area contributed by atoms with Gasteiger partial charge in [0.2, 0.25) is 0 Å². The Balaban J connectivity index is 1.87. The van der Waals surface area contributed by atoms with Gasteiger partial charge in [0.05, 0.1) is 12.9 Å². The lowest BCUT2D eigenvalue weighted by Gasteiger charge is -2.23. The molecule has 0 aliphatic carbocycles. The SMILES string of the molecule is Cc1csc(Cn2cncc2C2(C)CCNC2)n1. The number of hydrogen-bond donors (Lipinski definition) is 1. The number of rotatable bonds is 3. The second kappa shape index (κ2) is 4.48. The number of hydrogen-bond acceptors (Lipinski definition) is 4. The highest BCUT2D eigenvalue weighted by molar-refractivity contribution is 7.09. The molecule has 1 aliphatic heterocycles. The van der Waals surface area contributed by atoms with Crippen molar-refractivity contribution >= 4 is 11.3 Å². The quantitative estimate of drug-likeness (QED) is 0.919. The van der Waals surface area contributed by atoms with Gasteiger partial charge in [0.1, 0.15) is 5.01 Å². The minimum Gasteiger partial charge on any atom is -0.327 e. The lowest BCUT2D eigenvalue weighted by molar-refractivity contribution is 0.481. The molecule has 0 amide bonds. The lowest BCUT2D eigenvalue weighted by atomic mass is 9.86. The Kier molecular flexibility index (Phi) is 2.95. The molecule has 4 nitrogen and oxygen atoms in total. The van der Waals surface area contributed by atoms with Gasteiger partial charge in [0.15, 0.2) is 0 Å². The second-order valence-electron chi connectivity index (χ2n) is 5.28. The number of nitrogens with one attached hydrogen (secondary N) is 1. The molecule has 3 heterocycles. The first-order valence-electron chi connectivity index (χ1n) is 6.30. The van der Waals surface area contributed by atoms with Gasteiger partial charge in [-0.25, -0.2) is 9.97 Å². The maximum Gasteiger partial charge on any atom is 0.113 e. The molecule has 1 atom stereocenters. The molecule has 2 aromatic rings. The van der Waals surface area contributed by atoms with Gasteiger partial charge >= 0.3 is 0 Å². The van der Waals surface area contributed by atoms with E-state index in [1.54, 1.807) is 11.3 Å². The van der Waals surface area contributed by atoms with Crippen molar-refractivity contribution in [1.29, 1.82) is 0 Å². The van der Waals surface area contributed by atoms with Crippen LogP contribution in [0.1, 0.15) is 29.7 Å². The Bertz CT molecular complexity index is 537. The van der Waals surface area contributed by atoms with Crippen molar-refractivity contribution in [2.45, 2.75) is 32.2 Å². The molecular weight excluding hydrogens is 244 g/mol. The number of aryl methyl sites for hydroxylation is 1. The van der Waals surface area contributed by atoms with E-state index in [1.807, 2.05) is 19.4 Å². The van der Waals surface area contributed by atoms with E-state index in [1.165, 1.54) is 12.1 Å². The van der Waals surface area contributed by atoms with E-state index in [-0.39, 0.29) is 5.41 Å². The Morgan fingerprint density at radius 3 is 3.11 bits per heavy atom. The van der Waals surface area contributed by atoms with Crippen molar-refractivity contribution in [1.82, 2.24) is 19.9 Å². The lowest BCUT2D eigenvalue weighted by Crippen LogP contribution is -2.28. The van der Waals surface area contributed by atoms with Gasteiger partial charge in [-0.3, -0.25) is 0 Å². The zero-order chi connectivity index (χ0) is 12.6. The van der Waals surface area contributed by atoms with Crippen molar-refractivity contribution in [2.24, 2.45) is 0 Å². The fourth-order valence-corrected chi connectivity index (χ4v) is 3.38. The van der Waals surface area contributed by atoms with Crippen LogP contribution < -0.4 is 5.32 Å². The standard InChI is InChI=1S/C13H18N4S/c1-10-7-18-12(16-10)6-17-9-15-5-11(17)13(2)3-4-14-8-13/h5,7,9,14H,3-4,6,8H2,1-2H3. The Labute approximate surface area is 111 Å². The van der Waals surface area contributed by atoms with Crippen molar-refractivity contribution in [3.05, 3.63) is 34.3 Å². The minimum atomic E-state index is 0.211. The fourth-order valence-electron chi connectivity index (χ4n) is 2.61. The first kappa shape index (κ1) is 11.9. The molecule has 1 N–H and O–H groups in total. The predicted molar refractivity (Wildman–Crippen MR) is 73.0 cm³/mol. The van der Waals surface area contributed by atoms with Gasteiger partial charge < -0.3 is 9.88 Å². The van der Waals surface area contributed by atoms with Gasteiger partial charge in [0.25, 0.3) is 0 Å².